The molecule has 0 N–H and O–H groups in total. The van der Waals surface area contributed by atoms with Crippen LogP contribution >= 0.6 is 0 Å². The van der Waals surface area contributed by atoms with E-state index in [9.17, 15) is 0 Å². The molecule has 0 fully saturated rings. The molecule has 0 bridgehead atoms. The molecular weight excluding hydrogens is 183 g/mol. The molecule has 1 aromatic carbocycles. The molecule has 3 heteroatoms. The first-order valence-electron chi connectivity index (χ1n) is 4.80. The van der Waals surface area contributed by atoms with Gasteiger partial charge in [-0.15, -0.1) is 0 Å². The second-order valence-electron chi connectivity index (χ2n) is 3.35. The van der Waals surface area contributed by atoms with E-state index in [1.807, 2.05) is 18.2 Å². The summed E-state index contributed by atoms with van der Waals surface area (Å²) in [5.74, 6) is 0. The SMILES string of the molecule is [B]CC1=CCC(c2ccc(C#N)cc2)=N1. The van der Waals surface area contributed by atoms with Gasteiger partial charge in [0.1, 0.15) is 0 Å². The summed E-state index contributed by atoms with van der Waals surface area (Å²) < 4.78 is 0. The Bertz CT molecular complexity index is 463. The van der Waals surface area contributed by atoms with Crippen LogP contribution in [0.4, 0.5) is 0 Å². The quantitative estimate of drug-likeness (QED) is 0.661. The summed E-state index contributed by atoms with van der Waals surface area (Å²) in [6.07, 6.45) is 3.35. The standard InChI is InChI=1S/C12H9BN2/c13-7-11-5-6-12(15-11)10-3-1-9(8-14)2-4-10/h1-5H,6-7H2. The van der Waals surface area contributed by atoms with Crippen LogP contribution in [0.3, 0.4) is 0 Å². The Balaban J connectivity index is 2.23. The second-order valence-corrected chi connectivity index (χ2v) is 3.35. The van der Waals surface area contributed by atoms with Crippen molar-refractivity contribution in [3.63, 3.8) is 0 Å². The van der Waals surface area contributed by atoms with Crippen LogP contribution in [0.25, 0.3) is 0 Å². The summed E-state index contributed by atoms with van der Waals surface area (Å²) in [4.78, 5) is 4.40. The van der Waals surface area contributed by atoms with Gasteiger partial charge in [-0.25, -0.2) is 0 Å². The molecule has 1 aliphatic heterocycles. The summed E-state index contributed by atoms with van der Waals surface area (Å²) in [5.41, 5.74) is 3.70. The average Bonchev–Trinajstić information content (AvgIpc) is 2.78. The maximum absolute atomic E-state index is 8.67. The summed E-state index contributed by atoms with van der Waals surface area (Å²) >= 11 is 0. The maximum Gasteiger partial charge on any atom is 0.0991 e. The Morgan fingerprint density at radius 2 is 2.07 bits per heavy atom. The van der Waals surface area contributed by atoms with Crippen LogP contribution in [-0.4, -0.2) is 13.6 Å². The molecule has 1 aliphatic rings. The van der Waals surface area contributed by atoms with E-state index in [1.54, 1.807) is 12.1 Å². The number of nitriles is 1. The molecule has 0 saturated carbocycles. The third kappa shape index (κ3) is 1.99. The summed E-state index contributed by atoms with van der Waals surface area (Å²) in [7, 11) is 5.50. The number of benzene rings is 1. The molecule has 2 radical (unpaired) electrons. The van der Waals surface area contributed by atoms with E-state index in [2.05, 4.69) is 11.1 Å². The van der Waals surface area contributed by atoms with Crippen LogP contribution in [0.1, 0.15) is 17.5 Å². The number of allylic oxidation sites excluding steroid dienone is 2. The molecular formula is C12H9BN2. The van der Waals surface area contributed by atoms with Crippen LogP contribution in [0.15, 0.2) is 41.0 Å². The van der Waals surface area contributed by atoms with Gasteiger partial charge in [0.2, 0.25) is 0 Å². The first kappa shape index (κ1) is 9.73. The lowest BCUT2D eigenvalue weighted by Gasteiger charge is -1.99. The maximum atomic E-state index is 8.67. The lowest BCUT2D eigenvalue weighted by Crippen LogP contribution is -1.95. The molecule has 0 spiro atoms. The minimum Gasteiger partial charge on any atom is -0.258 e. The third-order valence-electron chi connectivity index (χ3n) is 2.37. The lowest BCUT2D eigenvalue weighted by atomic mass is 10.0. The van der Waals surface area contributed by atoms with E-state index < -0.39 is 0 Å². The summed E-state index contributed by atoms with van der Waals surface area (Å²) in [6, 6.07) is 9.54. The highest BCUT2D eigenvalue weighted by atomic mass is 14.8. The summed E-state index contributed by atoms with van der Waals surface area (Å²) in [6.45, 7) is 0. The predicted octanol–water partition coefficient (Wildman–Crippen LogP) is 2.22. The van der Waals surface area contributed by atoms with Gasteiger partial charge in [0, 0.05) is 12.1 Å². The van der Waals surface area contributed by atoms with Crippen LogP contribution in [-0.2, 0) is 0 Å². The topological polar surface area (TPSA) is 36.1 Å². The minimum absolute atomic E-state index is 0.486. The van der Waals surface area contributed by atoms with Crippen molar-refractivity contribution in [2.75, 3.05) is 0 Å². The van der Waals surface area contributed by atoms with Gasteiger partial charge in [0.15, 0.2) is 0 Å². The number of aliphatic imine (C=N–C) groups is 1. The van der Waals surface area contributed by atoms with Gasteiger partial charge >= 0.3 is 0 Å². The fraction of sp³-hybridized carbons (Fsp3) is 0.167. The number of hydrogen-bond acceptors (Lipinski definition) is 2. The van der Waals surface area contributed by atoms with E-state index in [0.717, 1.165) is 23.4 Å². The molecule has 0 atom stereocenters. The Kier molecular flexibility index (Phi) is 2.69. The van der Waals surface area contributed by atoms with Gasteiger partial charge in [-0.3, -0.25) is 4.99 Å². The largest absolute Gasteiger partial charge is 0.258 e. The highest BCUT2D eigenvalue weighted by Gasteiger charge is 2.08. The molecule has 1 heterocycles. The predicted molar refractivity (Wildman–Crippen MR) is 61.0 cm³/mol. The van der Waals surface area contributed by atoms with Gasteiger partial charge in [0.05, 0.1) is 25.2 Å². The third-order valence-corrected chi connectivity index (χ3v) is 2.37. The zero-order chi connectivity index (χ0) is 10.7. The molecule has 0 aromatic heterocycles. The average molecular weight is 192 g/mol. The number of nitrogens with zero attached hydrogens (tertiary/aromatic N) is 2. The zero-order valence-corrected chi connectivity index (χ0v) is 8.27. The van der Waals surface area contributed by atoms with E-state index in [4.69, 9.17) is 13.1 Å². The van der Waals surface area contributed by atoms with Crippen molar-refractivity contribution in [2.45, 2.75) is 12.7 Å². The van der Waals surface area contributed by atoms with E-state index in [0.29, 0.717) is 11.9 Å². The first-order valence-corrected chi connectivity index (χ1v) is 4.80. The Morgan fingerprint density at radius 1 is 1.33 bits per heavy atom. The van der Waals surface area contributed by atoms with Gasteiger partial charge in [-0.05, 0) is 24.0 Å². The summed E-state index contributed by atoms with van der Waals surface area (Å²) in [5, 5.41) is 8.67. The fourth-order valence-corrected chi connectivity index (χ4v) is 1.53. The minimum atomic E-state index is 0.486. The Hall–Kier alpha value is -1.82. The molecule has 15 heavy (non-hydrogen) atoms. The molecule has 0 saturated heterocycles. The Labute approximate surface area is 90.4 Å². The van der Waals surface area contributed by atoms with E-state index >= 15 is 0 Å². The monoisotopic (exact) mass is 192 g/mol. The Morgan fingerprint density at radius 3 is 2.60 bits per heavy atom. The van der Waals surface area contributed by atoms with Crippen LogP contribution in [0, 0.1) is 11.3 Å². The lowest BCUT2D eigenvalue weighted by molar-refractivity contribution is 1.33. The smallest absolute Gasteiger partial charge is 0.0991 e. The molecule has 70 valence electrons. The van der Waals surface area contributed by atoms with Crippen molar-refractivity contribution in [1.82, 2.24) is 0 Å². The van der Waals surface area contributed by atoms with Gasteiger partial charge in [0.25, 0.3) is 0 Å². The van der Waals surface area contributed by atoms with Gasteiger partial charge in [-0.2, -0.15) is 5.26 Å². The molecule has 2 rings (SSSR count). The molecule has 1 aromatic rings. The first-order chi connectivity index (χ1) is 7.33. The van der Waals surface area contributed by atoms with E-state index in [1.165, 1.54) is 0 Å². The van der Waals surface area contributed by atoms with Crippen molar-refractivity contribution in [2.24, 2.45) is 4.99 Å². The van der Waals surface area contributed by atoms with Crippen molar-refractivity contribution in [3.05, 3.63) is 47.2 Å². The number of rotatable bonds is 2. The molecule has 0 amide bonds. The van der Waals surface area contributed by atoms with Crippen LogP contribution < -0.4 is 0 Å². The van der Waals surface area contributed by atoms with Crippen molar-refractivity contribution >= 4 is 13.6 Å². The van der Waals surface area contributed by atoms with Crippen molar-refractivity contribution in [1.29, 1.82) is 5.26 Å². The second kappa shape index (κ2) is 4.14. The van der Waals surface area contributed by atoms with Crippen molar-refractivity contribution < 1.29 is 0 Å². The molecule has 0 aliphatic carbocycles. The van der Waals surface area contributed by atoms with Crippen LogP contribution in [0.2, 0.25) is 6.32 Å². The highest BCUT2D eigenvalue weighted by Crippen LogP contribution is 2.18. The van der Waals surface area contributed by atoms with E-state index in [-0.39, 0.29) is 0 Å². The normalized spacial score (nSPS) is 14.3. The van der Waals surface area contributed by atoms with Crippen molar-refractivity contribution in [3.8, 4) is 6.07 Å². The van der Waals surface area contributed by atoms with Gasteiger partial charge in [-0.1, -0.05) is 18.2 Å². The zero-order valence-electron chi connectivity index (χ0n) is 8.27. The van der Waals surface area contributed by atoms with Crippen LogP contribution in [0.5, 0.6) is 0 Å². The molecule has 0 unspecified atom stereocenters. The highest BCUT2D eigenvalue weighted by molar-refractivity contribution is 6.11. The number of hydrogen-bond donors (Lipinski definition) is 0. The van der Waals surface area contributed by atoms with Gasteiger partial charge < -0.3 is 0 Å². The fourth-order valence-electron chi connectivity index (χ4n) is 1.53. The molecule has 2 nitrogen and oxygen atoms in total.